The largest absolute Gasteiger partial charge is 0.381 e. The quantitative estimate of drug-likeness (QED) is 0.814. The molecule has 0 spiro atoms. The first-order valence-corrected chi connectivity index (χ1v) is 6.74. The summed E-state index contributed by atoms with van der Waals surface area (Å²) in [6.07, 6.45) is 3.29. The van der Waals surface area contributed by atoms with Gasteiger partial charge in [-0.15, -0.1) is 0 Å². The van der Waals surface area contributed by atoms with E-state index in [1.807, 2.05) is 0 Å². The number of rotatable bonds is 4. The molecule has 0 aromatic carbocycles. The van der Waals surface area contributed by atoms with Crippen molar-refractivity contribution in [3.8, 4) is 0 Å². The number of carbonyl (C=O) groups is 1. The van der Waals surface area contributed by atoms with Gasteiger partial charge in [-0.3, -0.25) is 4.79 Å². The summed E-state index contributed by atoms with van der Waals surface area (Å²) in [7, 11) is 0. The maximum absolute atomic E-state index is 11.1. The topological polar surface area (TPSA) is 89.3 Å². The van der Waals surface area contributed by atoms with Gasteiger partial charge in [-0.25, -0.2) is 0 Å². The van der Waals surface area contributed by atoms with Crippen LogP contribution in [0.2, 0.25) is 0 Å². The van der Waals surface area contributed by atoms with Crippen molar-refractivity contribution in [1.82, 2.24) is 20.8 Å². The van der Waals surface area contributed by atoms with Gasteiger partial charge in [0.05, 0.1) is 6.54 Å². The molecule has 2 aliphatic rings. The summed E-state index contributed by atoms with van der Waals surface area (Å²) >= 11 is 0. The summed E-state index contributed by atoms with van der Waals surface area (Å²) in [4.78, 5) is 15.5. The van der Waals surface area contributed by atoms with E-state index in [2.05, 4.69) is 20.8 Å². The van der Waals surface area contributed by atoms with Gasteiger partial charge in [0.25, 0.3) is 0 Å². The second kappa shape index (κ2) is 5.66. The van der Waals surface area contributed by atoms with Crippen LogP contribution in [-0.4, -0.2) is 35.3 Å². The van der Waals surface area contributed by atoms with Gasteiger partial charge < -0.3 is 19.9 Å². The van der Waals surface area contributed by atoms with Gasteiger partial charge in [-0.1, -0.05) is 5.16 Å². The zero-order valence-corrected chi connectivity index (χ0v) is 10.7. The fourth-order valence-corrected chi connectivity index (χ4v) is 2.42. The third-order valence-electron chi connectivity index (χ3n) is 3.55. The number of amides is 1. The second-order valence-electron chi connectivity index (χ2n) is 4.98. The molecule has 0 unspecified atom stereocenters. The Labute approximate surface area is 111 Å². The molecule has 0 saturated carbocycles. The number of nitrogens with one attached hydrogen (secondary N) is 2. The molecule has 0 aliphatic carbocycles. The number of hydrogen-bond donors (Lipinski definition) is 2. The lowest BCUT2D eigenvalue weighted by Crippen LogP contribution is -2.34. The van der Waals surface area contributed by atoms with Crippen molar-refractivity contribution in [2.75, 3.05) is 13.2 Å². The molecule has 2 fully saturated rings. The Bertz CT molecular complexity index is 442. The fourth-order valence-electron chi connectivity index (χ4n) is 2.42. The van der Waals surface area contributed by atoms with Crippen LogP contribution < -0.4 is 10.6 Å². The van der Waals surface area contributed by atoms with Crippen molar-refractivity contribution in [2.24, 2.45) is 0 Å². The highest BCUT2D eigenvalue weighted by molar-refractivity contribution is 5.78. The maximum Gasteiger partial charge on any atom is 0.249 e. The third-order valence-corrected chi connectivity index (χ3v) is 3.55. The Morgan fingerprint density at radius 2 is 2.16 bits per heavy atom. The number of hydrogen-bond acceptors (Lipinski definition) is 6. The average Bonchev–Trinajstić information content (AvgIpc) is 3.06. The summed E-state index contributed by atoms with van der Waals surface area (Å²) < 4.78 is 10.5. The predicted molar refractivity (Wildman–Crippen MR) is 65.1 cm³/mol. The minimum absolute atomic E-state index is 0.0464. The number of ether oxygens (including phenoxy) is 1. The number of aromatic nitrogens is 2. The Hall–Kier alpha value is -1.47. The highest BCUT2D eigenvalue weighted by Crippen LogP contribution is 2.21. The molecule has 1 aromatic rings. The monoisotopic (exact) mass is 266 g/mol. The van der Waals surface area contributed by atoms with Gasteiger partial charge in [-0.05, 0) is 19.3 Å². The molecule has 2 N–H and O–H groups in total. The molecule has 2 aliphatic heterocycles. The lowest BCUT2D eigenvalue weighted by molar-refractivity contribution is -0.119. The van der Waals surface area contributed by atoms with E-state index >= 15 is 0 Å². The minimum Gasteiger partial charge on any atom is -0.381 e. The Balaban J connectivity index is 1.51. The van der Waals surface area contributed by atoms with Gasteiger partial charge in [-0.2, -0.15) is 4.98 Å². The molecule has 1 aromatic heterocycles. The van der Waals surface area contributed by atoms with E-state index in [-0.39, 0.29) is 11.9 Å². The van der Waals surface area contributed by atoms with Crippen molar-refractivity contribution in [3.63, 3.8) is 0 Å². The molecule has 3 heterocycles. The van der Waals surface area contributed by atoms with Gasteiger partial charge >= 0.3 is 0 Å². The molecule has 0 radical (unpaired) electrons. The fraction of sp³-hybridized carbons (Fsp3) is 0.750. The minimum atomic E-state index is -0.114. The van der Waals surface area contributed by atoms with Crippen molar-refractivity contribution in [2.45, 2.75) is 44.3 Å². The molecule has 7 heteroatoms. The van der Waals surface area contributed by atoms with Crippen LogP contribution in [0.5, 0.6) is 0 Å². The molecule has 1 atom stereocenters. The first-order chi connectivity index (χ1) is 9.31. The SMILES string of the molecule is O=C1CC[C@@H](c2nc(CNC3CCOCC3)no2)N1. The predicted octanol–water partition coefficient (Wildman–Crippen LogP) is 0.289. The summed E-state index contributed by atoms with van der Waals surface area (Å²) in [6.45, 7) is 2.21. The van der Waals surface area contributed by atoms with Crippen molar-refractivity contribution in [1.29, 1.82) is 0 Å². The van der Waals surface area contributed by atoms with E-state index in [1.165, 1.54) is 0 Å². The van der Waals surface area contributed by atoms with Crippen LogP contribution in [0.15, 0.2) is 4.52 Å². The zero-order chi connectivity index (χ0) is 13.1. The van der Waals surface area contributed by atoms with E-state index in [0.717, 1.165) is 32.5 Å². The Kier molecular flexibility index (Phi) is 3.74. The van der Waals surface area contributed by atoms with Crippen LogP contribution >= 0.6 is 0 Å². The summed E-state index contributed by atoms with van der Waals surface area (Å²) in [5.74, 6) is 1.20. The molecule has 0 bridgehead atoms. The molecule has 1 amide bonds. The van der Waals surface area contributed by atoms with Crippen LogP contribution in [-0.2, 0) is 16.1 Å². The Morgan fingerprint density at radius 1 is 1.32 bits per heavy atom. The van der Waals surface area contributed by atoms with Gasteiger partial charge in [0.2, 0.25) is 11.8 Å². The van der Waals surface area contributed by atoms with Crippen LogP contribution in [0.4, 0.5) is 0 Å². The molecule has 2 saturated heterocycles. The second-order valence-corrected chi connectivity index (χ2v) is 4.98. The molecule has 104 valence electrons. The van der Waals surface area contributed by atoms with Crippen molar-refractivity contribution < 1.29 is 14.1 Å². The third kappa shape index (κ3) is 3.10. The number of nitrogens with zero attached hydrogens (tertiary/aromatic N) is 2. The Morgan fingerprint density at radius 3 is 2.89 bits per heavy atom. The maximum atomic E-state index is 11.1. The van der Waals surface area contributed by atoms with E-state index in [1.54, 1.807) is 0 Å². The lowest BCUT2D eigenvalue weighted by atomic mass is 10.1. The highest BCUT2D eigenvalue weighted by atomic mass is 16.5. The molecule has 3 rings (SSSR count). The molecule has 7 nitrogen and oxygen atoms in total. The van der Waals surface area contributed by atoms with Crippen molar-refractivity contribution >= 4 is 5.91 Å². The smallest absolute Gasteiger partial charge is 0.249 e. The van der Waals surface area contributed by atoms with Gasteiger partial charge in [0, 0.05) is 25.7 Å². The van der Waals surface area contributed by atoms with Crippen molar-refractivity contribution in [3.05, 3.63) is 11.7 Å². The molecular weight excluding hydrogens is 248 g/mol. The van der Waals surface area contributed by atoms with Crippen LogP contribution in [0, 0.1) is 0 Å². The van der Waals surface area contributed by atoms with E-state index in [0.29, 0.717) is 30.7 Å². The molecule has 19 heavy (non-hydrogen) atoms. The standard InChI is InChI=1S/C12H18N4O3/c17-11-2-1-9(14-11)12-15-10(16-19-12)7-13-8-3-5-18-6-4-8/h8-9,13H,1-7H2,(H,14,17)/t9-/m0/s1. The number of carbonyl (C=O) groups excluding carboxylic acids is 1. The first-order valence-electron chi connectivity index (χ1n) is 6.74. The van der Waals surface area contributed by atoms with Crippen LogP contribution in [0.3, 0.4) is 0 Å². The normalized spacial score (nSPS) is 24.6. The summed E-state index contributed by atoms with van der Waals surface area (Å²) in [5, 5.41) is 10.2. The highest BCUT2D eigenvalue weighted by Gasteiger charge is 2.27. The summed E-state index contributed by atoms with van der Waals surface area (Å²) in [5.41, 5.74) is 0. The summed E-state index contributed by atoms with van der Waals surface area (Å²) in [6, 6.07) is 0.346. The average molecular weight is 266 g/mol. The molecular formula is C12H18N4O3. The van der Waals surface area contributed by atoms with Crippen LogP contribution in [0.25, 0.3) is 0 Å². The zero-order valence-electron chi connectivity index (χ0n) is 10.7. The van der Waals surface area contributed by atoms with E-state index in [4.69, 9.17) is 9.26 Å². The van der Waals surface area contributed by atoms with Gasteiger partial charge in [0.15, 0.2) is 5.82 Å². The van der Waals surface area contributed by atoms with Gasteiger partial charge in [0.1, 0.15) is 6.04 Å². The van der Waals surface area contributed by atoms with Crippen LogP contribution in [0.1, 0.15) is 43.4 Å². The van der Waals surface area contributed by atoms with E-state index < -0.39 is 0 Å². The van der Waals surface area contributed by atoms with E-state index in [9.17, 15) is 4.79 Å². The lowest BCUT2D eigenvalue weighted by Gasteiger charge is -2.22. The first kappa shape index (κ1) is 12.6.